The Morgan fingerprint density at radius 3 is 2.57 bits per heavy atom. The molecule has 3 aromatic rings. The van der Waals surface area contributed by atoms with Crippen LogP contribution in [-0.2, 0) is 9.53 Å². The van der Waals surface area contributed by atoms with Gasteiger partial charge in [0.15, 0.2) is 5.69 Å². The third-order valence-electron chi connectivity index (χ3n) is 4.23. The highest BCUT2D eigenvalue weighted by atomic mass is 16.5. The van der Waals surface area contributed by atoms with Gasteiger partial charge >= 0.3 is 5.97 Å². The number of benzene rings is 2. The molecule has 0 aliphatic carbocycles. The predicted molar refractivity (Wildman–Crippen MR) is 112 cm³/mol. The molecule has 0 radical (unpaired) electrons. The number of ether oxygens (including phenoxy) is 1. The average molecular weight is 406 g/mol. The minimum absolute atomic E-state index is 0.198. The van der Waals surface area contributed by atoms with Crippen LogP contribution in [0.1, 0.15) is 34.7 Å². The Kier molecular flexibility index (Phi) is 6.59. The molecule has 0 fully saturated rings. The van der Waals surface area contributed by atoms with E-state index in [0.29, 0.717) is 16.9 Å². The second kappa shape index (κ2) is 9.51. The van der Waals surface area contributed by atoms with E-state index in [1.54, 1.807) is 74.6 Å². The zero-order valence-corrected chi connectivity index (χ0v) is 16.7. The summed E-state index contributed by atoms with van der Waals surface area (Å²) in [6.07, 6.45) is 1.63. The summed E-state index contributed by atoms with van der Waals surface area (Å²) in [5, 5.41) is 9.64. The Labute approximate surface area is 173 Å². The van der Waals surface area contributed by atoms with Gasteiger partial charge in [-0.3, -0.25) is 9.59 Å². The van der Waals surface area contributed by atoms with Crippen molar-refractivity contribution in [3.05, 3.63) is 78.1 Å². The fourth-order valence-electron chi connectivity index (χ4n) is 2.69. The van der Waals surface area contributed by atoms with Crippen molar-refractivity contribution in [2.24, 2.45) is 0 Å². The number of aromatic nitrogens is 2. The molecule has 0 bridgehead atoms. The molecule has 1 heterocycles. The quantitative estimate of drug-likeness (QED) is 0.588. The van der Waals surface area contributed by atoms with Gasteiger partial charge in [0.1, 0.15) is 6.04 Å². The van der Waals surface area contributed by atoms with Gasteiger partial charge in [0, 0.05) is 17.4 Å². The Morgan fingerprint density at radius 2 is 1.83 bits per heavy atom. The molecule has 3 rings (SSSR count). The molecule has 30 heavy (non-hydrogen) atoms. The fourth-order valence-corrected chi connectivity index (χ4v) is 2.69. The maximum Gasteiger partial charge on any atom is 0.358 e. The maximum atomic E-state index is 12.5. The number of anilines is 1. The molecule has 1 atom stereocenters. The van der Waals surface area contributed by atoms with Crippen LogP contribution >= 0.6 is 0 Å². The number of rotatable bonds is 7. The summed E-state index contributed by atoms with van der Waals surface area (Å²) in [7, 11) is 0. The van der Waals surface area contributed by atoms with E-state index in [9.17, 15) is 14.4 Å². The topological polar surface area (TPSA) is 102 Å². The number of hydrogen-bond donors (Lipinski definition) is 2. The Hall–Kier alpha value is -3.94. The lowest BCUT2D eigenvalue weighted by Gasteiger charge is -2.14. The smallest absolute Gasteiger partial charge is 0.358 e. The highest BCUT2D eigenvalue weighted by Gasteiger charge is 2.17. The molecule has 154 valence electrons. The minimum atomic E-state index is -0.735. The van der Waals surface area contributed by atoms with Crippen molar-refractivity contribution in [3.63, 3.8) is 0 Å². The molecule has 8 heteroatoms. The SMILES string of the molecule is CCOC(=O)c1ccn(-c2cccc(NC(=O)C(C)NC(=O)c3ccccc3)c2)n1. The van der Waals surface area contributed by atoms with Gasteiger partial charge in [0.25, 0.3) is 5.91 Å². The number of amides is 2. The van der Waals surface area contributed by atoms with Crippen molar-refractivity contribution in [1.29, 1.82) is 0 Å². The first-order valence-corrected chi connectivity index (χ1v) is 9.48. The van der Waals surface area contributed by atoms with Crippen LogP contribution < -0.4 is 10.6 Å². The van der Waals surface area contributed by atoms with Crippen molar-refractivity contribution < 1.29 is 19.1 Å². The molecule has 0 saturated heterocycles. The maximum absolute atomic E-state index is 12.5. The fraction of sp³-hybridized carbons (Fsp3) is 0.182. The molecular weight excluding hydrogens is 384 g/mol. The first kappa shape index (κ1) is 20.8. The van der Waals surface area contributed by atoms with Gasteiger partial charge in [0.05, 0.1) is 12.3 Å². The molecule has 0 aliphatic rings. The van der Waals surface area contributed by atoms with Crippen molar-refractivity contribution in [1.82, 2.24) is 15.1 Å². The zero-order chi connectivity index (χ0) is 21.5. The van der Waals surface area contributed by atoms with E-state index in [1.807, 2.05) is 6.07 Å². The van der Waals surface area contributed by atoms with Gasteiger partial charge in [-0.25, -0.2) is 9.48 Å². The van der Waals surface area contributed by atoms with Crippen molar-refractivity contribution in [3.8, 4) is 5.69 Å². The van der Waals surface area contributed by atoms with Gasteiger partial charge in [-0.2, -0.15) is 5.10 Å². The predicted octanol–water partition coefficient (Wildman–Crippen LogP) is 2.81. The zero-order valence-electron chi connectivity index (χ0n) is 16.7. The first-order valence-electron chi connectivity index (χ1n) is 9.48. The molecule has 1 aromatic heterocycles. The van der Waals surface area contributed by atoms with Crippen LogP contribution in [0.15, 0.2) is 66.9 Å². The average Bonchev–Trinajstić information content (AvgIpc) is 3.25. The highest BCUT2D eigenvalue weighted by molar-refractivity contribution is 6.01. The van der Waals surface area contributed by atoms with E-state index in [0.717, 1.165) is 0 Å². The van der Waals surface area contributed by atoms with Crippen molar-refractivity contribution >= 4 is 23.5 Å². The molecule has 0 saturated carbocycles. The van der Waals surface area contributed by atoms with E-state index < -0.39 is 12.0 Å². The summed E-state index contributed by atoms with van der Waals surface area (Å²) in [4.78, 5) is 36.5. The lowest BCUT2D eigenvalue weighted by molar-refractivity contribution is -0.117. The summed E-state index contributed by atoms with van der Waals surface area (Å²) in [6, 6.07) is 16.5. The van der Waals surface area contributed by atoms with Crippen LogP contribution in [0, 0.1) is 0 Å². The third kappa shape index (κ3) is 5.11. The summed E-state index contributed by atoms with van der Waals surface area (Å²) in [5.74, 6) is -1.18. The lowest BCUT2D eigenvalue weighted by Crippen LogP contribution is -2.41. The van der Waals surface area contributed by atoms with Crippen LogP contribution in [0.2, 0.25) is 0 Å². The molecule has 2 amide bonds. The van der Waals surface area contributed by atoms with Crippen LogP contribution in [0.3, 0.4) is 0 Å². The standard InChI is InChI=1S/C22H22N4O4/c1-3-30-22(29)19-12-13-26(25-19)18-11-7-10-17(14-18)24-20(27)15(2)23-21(28)16-8-5-4-6-9-16/h4-15H,3H2,1-2H3,(H,23,28)(H,24,27). The summed E-state index contributed by atoms with van der Waals surface area (Å²) >= 11 is 0. The third-order valence-corrected chi connectivity index (χ3v) is 4.23. The summed E-state index contributed by atoms with van der Waals surface area (Å²) < 4.78 is 6.45. The Morgan fingerprint density at radius 1 is 1.07 bits per heavy atom. The van der Waals surface area contributed by atoms with Crippen LogP contribution in [0.4, 0.5) is 5.69 Å². The van der Waals surface area contributed by atoms with Gasteiger partial charge in [0.2, 0.25) is 5.91 Å². The summed E-state index contributed by atoms with van der Waals surface area (Å²) in [6.45, 7) is 3.61. The second-order valence-electron chi connectivity index (χ2n) is 6.47. The monoisotopic (exact) mass is 406 g/mol. The first-order chi connectivity index (χ1) is 14.5. The highest BCUT2D eigenvalue weighted by Crippen LogP contribution is 2.15. The number of esters is 1. The molecule has 0 aliphatic heterocycles. The molecule has 0 spiro atoms. The Balaban J connectivity index is 1.65. The second-order valence-corrected chi connectivity index (χ2v) is 6.47. The van der Waals surface area contributed by atoms with Crippen molar-refractivity contribution in [2.45, 2.75) is 19.9 Å². The lowest BCUT2D eigenvalue weighted by atomic mass is 10.2. The van der Waals surface area contributed by atoms with E-state index in [1.165, 1.54) is 4.68 Å². The largest absolute Gasteiger partial charge is 0.461 e. The summed E-state index contributed by atoms with van der Waals surface area (Å²) in [5.41, 5.74) is 1.87. The van der Waals surface area contributed by atoms with Gasteiger partial charge < -0.3 is 15.4 Å². The van der Waals surface area contributed by atoms with Crippen LogP contribution in [0.25, 0.3) is 5.69 Å². The van der Waals surface area contributed by atoms with E-state index in [4.69, 9.17) is 4.74 Å². The molecule has 2 aromatic carbocycles. The van der Waals surface area contributed by atoms with Gasteiger partial charge in [-0.15, -0.1) is 0 Å². The molecule has 2 N–H and O–H groups in total. The number of carbonyl (C=O) groups excluding carboxylic acids is 3. The van der Waals surface area contributed by atoms with E-state index in [2.05, 4.69) is 15.7 Å². The molecule has 8 nitrogen and oxygen atoms in total. The van der Waals surface area contributed by atoms with Crippen LogP contribution in [0.5, 0.6) is 0 Å². The number of hydrogen-bond acceptors (Lipinski definition) is 5. The van der Waals surface area contributed by atoms with E-state index >= 15 is 0 Å². The number of carbonyl (C=O) groups is 3. The Bertz CT molecular complexity index is 1050. The van der Waals surface area contributed by atoms with Gasteiger partial charge in [-0.1, -0.05) is 24.3 Å². The van der Waals surface area contributed by atoms with Gasteiger partial charge in [-0.05, 0) is 50.2 Å². The van der Waals surface area contributed by atoms with Crippen molar-refractivity contribution in [2.75, 3.05) is 11.9 Å². The van der Waals surface area contributed by atoms with Crippen LogP contribution in [-0.4, -0.2) is 40.2 Å². The molecule has 1 unspecified atom stereocenters. The number of nitrogens with one attached hydrogen (secondary N) is 2. The minimum Gasteiger partial charge on any atom is -0.461 e. The number of nitrogens with zero attached hydrogens (tertiary/aromatic N) is 2. The van der Waals surface area contributed by atoms with E-state index in [-0.39, 0.29) is 24.1 Å². The normalized spacial score (nSPS) is 11.4. The molecular formula is C22H22N4O4.